The van der Waals surface area contributed by atoms with Crippen LogP contribution in [0.2, 0.25) is 5.02 Å². The summed E-state index contributed by atoms with van der Waals surface area (Å²) in [5.74, 6) is -1.17. The maximum atomic E-state index is 13.3. The molecule has 5 nitrogen and oxygen atoms in total. The molecule has 182 valence electrons. The molecule has 0 aliphatic rings. The van der Waals surface area contributed by atoms with Gasteiger partial charge in [-0.1, -0.05) is 61.2 Å². The van der Waals surface area contributed by atoms with Gasteiger partial charge in [-0.15, -0.1) is 0 Å². The largest absolute Gasteiger partial charge is 0.481 e. The number of aromatic nitrogens is 1. The van der Waals surface area contributed by atoms with Crippen LogP contribution < -0.4 is 0 Å². The van der Waals surface area contributed by atoms with E-state index in [1.165, 1.54) is 0 Å². The number of ketones is 1. The predicted octanol–water partition coefficient (Wildman–Crippen LogP) is 6.66. The van der Waals surface area contributed by atoms with Crippen LogP contribution in [-0.4, -0.2) is 26.5 Å². The highest BCUT2D eigenvalue weighted by Crippen LogP contribution is 2.31. The zero-order valence-corrected chi connectivity index (χ0v) is 20.9. The molecule has 0 radical (unpaired) electrons. The Hall–Kier alpha value is -2.63. The lowest BCUT2D eigenvalue weighted by molar-refractivity contribution is -0.137. The van der Waals surface area contributed by atoms with Crippen molar-refractivity contribution in [3.63, 3.8) is 0 Å². The molecular formula is C28H34ClNO4. The van der Waals surface area contributed by atoms with Gasteiger partial charge in [-0.25, -0.2) is 0 Å². The molecule has 6 heteroatoms. The monoisotopic (exact) mass is 483 g/mol. The van der Waals surface area contributed by atoms with Crippen LogP contribution >= 0.6 is 11.6 Å². The van der Waals surface area contributed by atoms with E-state index in [-0.39, 0.29) is 24.5 Å². The van der Waals surface area contributed by atoms with Crippen LogP contribution in [0.25, 0.3) is 10.9 Å². The van der Waals surface area contributed by atoms with Crippen LogP contribution in [-0.2, 0) is 18.3 Å². The van der Waals surface area contributed by atoms with Gasteiger partial charge in [0.2, 0.25) is 0 Å². The first kappa shape index (κ1) is 26.0. The molecule has 1 unspecified atom stereocenters. The highest BCUT2D eigenvalue weighted by atomic mass is 35.5. The first-order chi connectivity index (χ1) is 16.2. The van der Waals surface area contributed by atoms with E-state index in [9.17, 15) is 14.7 Å². The Labute approximate surface area is 206 Å². The molecule has 3 rings (SSSR count). The van der Waals surface area contributed by atoms with Crippen LogP contribution in [0.5, 0.6) is 0 Å². The number of carbonyl (C=O) groups excluding carboxylic acids is 1. The number of hydrogen-bond acceptors (Lipinski definition) is 3. The number of aliphatic hydroxyl groups is 1. The smallest absolute Gasteiger partial charge is 0.303 e. The minimum Gasteiger partial charge on any atom is -0.481 e. The average molecular weight is 484 g/mol. The number of Topliss-reactive ketones (excluding diaryl/α,β-unsaturated/α-hetero) is 1. The molecule has 0 saturated carbocycles. The fourth-order valence-corrected chi connectivity index (χ4v) is 4.89. The van der Waals surface area contributed by atoms with Gasteiger partial charge in [-0.3, -0.25) is 9.59 Å². The number of hydrogen-bond donors (Lipinski definition) is 2. The van der Waals surface area contributed by atoms with Crippen molar-refractivity contribution in [2.24, 2.45) is 13.0 Å². The van der Waals surface area contributed by atoms with Crippen molar-refractivity contribution in [1.29, 1.82) is 0 Å². The molecular weight excluding hydrogens is 450 g/mol. The van der Waals surface area contributed by atoms with Crippen molar-refractivity contribution >= 4 is 34.3 Å². The third-order valence-electron chi connectivity index (χ3n) is 6.44. The second-order valence-electron chi connectivity index (χ2n) is 9.40. The Balaban J connectivity index is 1.70. The van der Waals surface area contributed by atoms with Crippen molar-refractivity contribution in [3.8, 4) is 0 Å². The number of aliphatic hydroxyl groups excluding tert-OH is 1. The number of fused-ring (bicyclic) bond motifs is 1. The first-order valence-corrected chi connectivity index (χ1v) is 12.3. The molecule has 2 atom stereocenters. The lowest BCUT2D eigenvalue weighted by Gasteiger charge is -2.12. The highest BCUT2D eigenvalue weighted by Gasteiger charge is 2.23. The van der Waals surface area contributed by atoms with Crippen LogP contribution in [0.4, 0.5) is 0 Å². The summed E-state index contributed by atoms with van der Waals surface area (Å²) in [6.07, 6.45) is 3.85. The lowest BCUT2D eigenvalue weighted by Crippen LogP contribution is -2.12. The highest BCUT2D eigenvalue weighted by molar-refractivity contribution is 6.31. The standard InChI is InChI=1S/C28H34ClNO4/c1-18-8-7-9-20(14-18)25(31)11-6-4-5-10-24-28(26(32)15-19(2)16-27(33)34)22-17-21(29)12-13-23(22)30(24)3/h7-9,12-14,17,19,25,31H,4-6,10-11,15-16H2,1-3H3,(H,33,34)/t19-,25?/m0/s1. The van der Waals surface area contributed by atoms with E-state index in [1.807, 2.05) is 56.4 Å². The fourth-order valence-electron chi connectivity index (χ4n) is 4.71. The van der Waals surface area contributed by atoms with Gasteiger partial charge in [0.05, 0.1) is 6.10 Å². The molecule has 1 heterocycles. The van der Waals surface area contributed by atoms with E-state index in [0.29, 0.717) is 17.0 Å². The summed E-state index contributed by atoms with van der Waals surface area (Å²) in [6.45, 7) is 3.82. The second-order valence-corrected chi connectivity index (χ2v) is 9.84. The summed E-state index contributed by atoms with van der Waals surface area (Å²) in [4.78, 5) is 24.3. The van der Waals surface area contributed by atoms with Gasteiger partial charge in [-0.05, 0) is 55.9 Å². The molecule has 0 amide bonds. The summed E-state index contributed by atoms with van der Waals surface area (Å²) in [7, 11) is 1.96. The maximum Gasteiger partial charge on any atom is 0.303 e. The first-order valence-electron chi connectivity index (χ1n) is 11.9. The molecule has 0 spiro atoms. The molecule has 0 saturated heterocycles. The summed E-state index contributed by atoms with van der Waals surface area (Å²) >= 11 is 6.25. The number of rotatable bonds is 12. The van der Waals surface area contributed by atoms with Crippen molar-refractivity contribution < 1.29 is 19.8 Å². The number of carbonyl (C=O) groups is 2. The number of aryl methyl sites for hydroxylation is 2. The second kappa shape index (κ2) is 11.7. The van der Waals surface area contributed by atoms with Crippen LogP contribution in [0, 0.1) is 12.8 Å². The number of aliphatic carboxylic acids is 1. The number of carboxylic acids is 1. The van der Waals surface area contributed by atoms with Crippen LogP contribution in [0.1, 0.15) is 78.7 Å². The molecule has 34 heavy (non-hydrogen) atoms. The van der Waals surface area contributed by atoms with Gasteiger partial charge >= 0.3 is 5.97 Å². The predicted molar refractivity (Wildman–Crippen MR) is 137 cm³/mol. The van der Waals surface area contributed by atoms with Crippen molar-refractivity contribution in [3.05, 3.63) is 69.9 Å². The number of benzene rings is 2. The zero-order chi connectivity index (χ0) is 24.8. The average Bonchev–Trinajstić information content (AvgIpc) is 3.03. The number of nitrogens with zero attached hydrogens (tertiary/aromatic N) is 1. The Morgan fingerprint density at radius 2 is 1.82 bits per heavy atom. The lowest BCUT2D eigenvalue weighted by atomic mass is 9.94. The summed E-state index contributed by atoms with van der Waals surface area (Å²) < 4.78 is 2.06. The molecule has 0 aliphatic heterocycles. The number of unbranched alkanes of at least 4 members (excludes halogenated alkanes) is 2. The van der Waals surface area contributed by atoms with Gasteiger partial charge in [0.1, 0.15) is 0 Å². The van der Waals surface area contributed by atoms with Gasteiger partial charge < -0.3 is 14.8 Å². The quantitative estimate of drug-likeness (QED) is 0.223. The minimum absolute atomic E-state index is 0.0319. The van der Waals surface area contributed by atoms with Crippen LogP contribution in [0.3, 0.4) is 0 Å². The molecule has 2 aromatic carbocycles. The normalized spacial score (nSPS) is 13.2. The van der Waals surface area contributed by atoms with Crippen LogP contribution in [0.15, 0.2) is 42.5 Å². The SMILES string of the molecule is Cc1cccc(C(O)CCCCCc2c(C(=O)C[C@H](C)CC(=O)O)c3cc(Cl)ccc3n2C)c1. The van der Waals surface area contributed by atoms with E-state index in [0.717, 1.165) is 53.4 Å². The Bertz CT molecular complexity index is 1170. The molecule has 3 aromatic rings. The topological polar surface area (TPSA) is 79.5 Å². The summed E-state index contributed by atoms with van der Waals surface area (Å²) in [5, 5.41) is 21.0. The molecule has 0 fully saturated rings. The maximum absolute atomic E-state index is 13.3. The van der Waals surface area contributed by atoms with Gasteiger partial charge in [0.15, 0.2) is 5.78 Å². The van der Waals surface area contributed by atoms with E-state index in [4.69, 9.17) is 16.7 Å². The summed E-state index contributed by atoms with van der Waals surface area (Å²) in [5.41, 5.74) is 4.67. The zero-order valence-electron chi connectivity index (χ0n) is 20.2. The molecule has 0 bridgehead atoms. The third kappa shape index (κ3) is 6.49. The third-order valence-corrected chi connectivity index (χ3v) is 6.67. The molecule has 0 aliphatic carbocycles. The van der Waals surface area contributed by atoms with Gasteiger partial charge in [0, 0.05) is 47.1 Å². The van der Waals surface area contributed by atoms with Crippen molar-refractivity contribution in [2.75, 3.05) is 0 Å². The Kier molecular flexibility index (Phi) is 8.92. The minimum atomic E-state index is -0.894. The van der Waals surface area contributed by atoms with E-state index < -0.39 is 12.1 Å². The van der Waals surface area contributed by atoms with E-state index in [1.54, 1.807) is 6.92 Å². The number of carboxylic acid groups (broad SMARTS) is 1. The summed E-state index contributed by atoms with van der Waals surface area (Å²) in [6, 6.07) is 13.5. The molecule has 2 N–H and O–H groups in total. The van der Waals surface area contributed by atoms with E-state index >= 15 is 0 Å². The van der Waals surface area contributed by atoms with Crippen molar-refractivity contribution in [1.82, 2.24) is 4.57 Å². The van der Waals surface area contributed by atoms with E-state index in [2.05, 4.69) is 4.57 Å². The fraction of sp³-hybridized carbons (Fsp3) is 0.429. The molecule has 1 aromatic heterocycles. The van der Waals surface area contributed by atoms with Gasteiger partial charge in [-0.2, -0.15) is 0 Å². The van der Waals surface area contributed by atoms with Crippen molar-refractivity contribution in [2.45, 2.75) is 64.9 Å². The van der Waals surface area contributed by atoms with Gasteiger partial charge in [0.25, 0.3) is 0 Å². The Morgan fingerprint density at radius 3 is 2.53 bits per heavy atom. The Morgan fingerprint density at radius 1 is 1.06 bits per heavy atom. The number of halogens is 1.